The smallest absolute Gasteiger partial charge is 0.355 e. The number of carbonyl (C=O) groups is 2. The van der Waals surface area contributed by atoms with Gasteiger partial charge in [-0.15, -0.1) is 0 Å². The van der Waals surface area contributed by atoms with Crippen LogP contribution in [0.25, 0.3) is 0 Å². The molecule has 0 spiro atoms. The van der Waals surface area contributed by atoms with E-state index in [4.69, 9.17) is 9.47 Å². The van der Waals surface area contributed by atoms with Gasteiger partial charge in [0.15, 0.2) is 0 Å². The monoisotopic (exact) mass is 368 g/mol. The fourth-order valence-corrected chi connectivity index (χ4v) is 2.48. The van der Waals surface area contributed by atoms with Crippen molar-refractivity contribution in [2.24, 2.45) is 0 Å². The first-order chi connectivity index (χ1) is 13.1. The third-order valence-electron chi connectivity index (χ3n) is 3.64. The number of nitrogens with zero attached hydrogens (tertiary/aromatic N) is 1. The number of hydrogen-bond donors (Lipinski definition) is 0. The molecule has 27 heavy (non-hydrogen) atoms. The molecule has 0 N–H and O–H groups in total. The van der Waals surface area contributed by atoms with Gasteiger partial charge in [-0.3, -0.25) is 0 Å². The quantitative estimate of drug-likeness (QED) is 0.405. The van der Waals surface area contributed by atoms with Crippen LogP contribution in [-0.4, -0.2) is 25.2 Å². The van der Waals surface area contributed by atoms with E-state index in [1.807, 2.05) is 0 Å². The van der Waals surface area contributed by atoms with Crippen LogP contribution in [-0.2, 0) is 19.1 Å². The lowest BCUT2D eigenvalue weighted by Gasteiger charge is -2.39. The molecule has 0 fully saturated rings. The Labute approximate surface area is 158 Å². The first-order valence-electron chi connectivity index (χ1n) is 8.69. The van der Waals surface area contributed by atoms with Crippen molar-refractivity contribution in [1.82, 2.24) is 0 Å². The molecule has 0 saturated heterocycles. The minimum absolute atomic E-state index is 0.108. The summed E-state index contributed by atoms with van der Waals surface area (Å²) in [5.41, 5.74) is 0.732. The minimum Gasteiger partial charge on any atom is -0.832 e. The molecule has 0 aliphatic heterocycles. The molecule has 0 bridgehead atoms. The van der Waals surface area contributed by atoms with Gasteiger partial charge in [-0.2, -0.15) is 0 Å². The lowest BCUT2D eigenvalue weighted by atomic mass is 10.1. The Kier molecular flexibility index (Phi) is 7.58. The Balaban J connectivity index is 2.56. The molecule has 2 aromatic rings. The van der Waals surface area contributed by atoms with Crippen LogP contribution in [0.15, 0.2) is 72.4 Å². The van der Waals surface area contributed by atoms with Gasteiger partial charge in [0, 0.05) is 5.69 Å². The van der Waals surface area contributed by atoms with Crippen LogP contribution in [0.4, 0.5) is 5.69 Å². The normalized spacial score (nSPS) is 12.2. The number of para-hydroxylation sites is 1. The summed E-state index contributed by atoms with van der Waals surface area (Å²) in [6.07, 6.45) is -0.457. The third kappa shape index (κ3) is 5.43. The molecule has 142 valence electrons. The van der Waals surface area contributed by atoms with Gasteiger partial charge in [0.05, 0.1) is 19.3 Å². The Morgan fingerprint density at radius 1 is 0.963 bits per heavy atom. The van der Waals surface area contributed by atoms with Crippen LogP contribution >= 0.6 is 0 Å². The number of rotatable bonds is 8. The zero-order chi connectivity index (χ0) is 19.6. The van der Waals surface area contributed by atoms with E-state index in [0.717, 1.165) is 6.08 Å². The zero-order valence-corrected chi connectivity index (χ0v) is 15.3. The predicted octanol–water partition coefficient (Wildman–Crippen LogP) is 2.56. The van der Waals surface area contributed by atoms with Crippen molar-refractivity contribution >= 4 is 17.6 Å². The Morgan fingerprint density at radius 3 is 2.07 bits per heavy atom. The number of benzene rings is 2. The molecule has 0 radical (unpaired) electrons. The van der Waals surface area contributed by atoms with Crippen molar-refractivity contribution < 1.29 is 24.2 Å². The predicted molar refractivity (Wildman–Crippen MR) is 99.5 cm³/mol. The standard InChI is InChI=1S/C21H22NO5/c1-3-26-19(23)15-18(21(25)27-4-2)22(17-13-9-6-10-14-17)20(24)16-11-7-5-8-12-16/h5-15,20H,3-4H2,1-2H3/q-1/b18-15-. The fraction of sp³-hybridized carbons (Fsp3) is 0.238. The van der Waals surface area contributed by atoms with Gasteiger partial charge < -0.3 is 19.5 Å². The summed E-state index contributed by atoms with van der Waals surface area (Å²) < 4.78 is 10.00. The summed E-state index contributed by atoms with van der Waals surface area (Å²) in [6.45, 7) is 3.57. The molecule has 1 atom stereocenters. The van der Waals surface area contributed by atoms with E-state index in [2.05, 4.69) is 0 Å². The molecule has 1 unspecified atom stereocenters. The molecule has 0 saturated carbocycles. The number of anilines is 1. The van der Waals surface area contributed by atoms with Gasteiger partial charge in [-0.25, -0.2) is 9.59 Å². The second kappa shape index (κ2) is 10.1. The molecular weight excluding hydrogens is 346 g/mol. The largest absolute Gasteiger partial charge is 0.832 e. The minimum atomic E-state index is -1.46. The highest BCUT2D eigenvalue weighted by Crippen LogP contribution is 2.28. The van der Waals surface area contributed by atoms with Crippen molar-refractivity contribution in [1.29, 1.82) is 0 Å². The maximum atomic E-state index is 13.2. The topological polar surface area (TPSA) is 78.9 Å². The van der Waals surface area contributed by atoms with E-state index >= 15 is 0 Å². The van der Waals surface area contributed by atoms with E-state index in [1.54, 1.807) is 74.5 Å². The summed E-state index contributed by atoms with van der Waals surface area (Å²) in [5.74, 6) is -1.49. The van der Waals surface area contributed by atoms with Gasteiger partial charge in [-0.1, -0.05) is 48.5 Å². The molecule has 2 rings (SSSR count). The SMILES string of the molecule is CCOC(=O)/C=C(/C(=O)OCC)N(c1ccccc1)C([O-])c1ccccc1. The molecular formula is C21H22NO5-. The first-order valence-corrected chi connectivity index (χ1v) is 8.69. The molecule has 6 nitrogen and oxygen atoms in total. The van der Waals surface area contributed by atoms with Crippen LogP contribution in [0, 0.1) is 0 Å². The van der Waals surface area contributed by atoms with Crippen molar-refractivity contribution in [2.75, 3.05) is 18.1 Å². The van der Waals surface area contributed by atoms with Crippen LogP contribution in [0.3, 0.4) is 0 Å². The molecule has 0 heterocycles. The van der Waals surface area contributed by atoms with Crippen LogP contribution in [0.5, 0.6) is 0 Å². The highest BCUT2D eigenvalue weighted by molar-refractivity contribution is 5.99. The lowest BCUT2D eigenvalue weighted by Crippen LogP contribution is -2.40. The Morgan fingerprint density at radius 2 is 1.52 bits per heavy atom. The molecule has 0 amide bonds. The molecule has 6 heteroatoms. The summed E-state index contributed by atoms with van der Waals surface area (Å²) in [4.78, 5) is 25.8. The lowest BCUT2D eigenvalue weighted by molar-refractivity contribution is -0.424. The summed E-state index contributed by atoms with van der Waals surface area (Å²) >= 11 is 0. The number of carbonyl (C=O) groups excluding carboxylic acids is 2. The van der Waals surface area contributed by atoms with Crippen molar-refractivity contribution in [2.45, 2.75) is 20.1 Å². The molecule has 2 aromatic carbocycles. The maximum Gasteiger partial charge on any atom is 0.355 e. The van der Waals surface area contributed by atoms with E-state index in [-0.39, 0.29) is 18.9 Å². The second-order valence-electron chi connectivity index (χ2n) is 5.47. The summed E-state index contributed by atoms with van der Waals surface area (Å²) in [7, 11) is 0. The van der Waals surface area contributed by atoms with Crippen molar-refractivity contribution in [3.8, 4) is 0 Å². The third-order valence-corrected chi connectivity index (χ3v) is 3.64. The fourth-order valence-electron chi connectivity index (χ4n) is 2.48. The van der Waals surface area contributed by atoms with E-state index in [9.17, 15) is 14.7 Å². The van der Waals surface area contributed by atoms with Crippen LogP contribution in [0.1, 0.15) is 25.6 Å². The van der Waals surface area contributed by atoms with Gasteiger partial charge >= 0.3 is 11.9 Å². The van der Waals surface area contributed by atoms with Crippen LogP contribution < -0.4 is 10.0 Å². The van der Waals surface area contributed by atoms with E-state index in [0.29, 0.717) is 11.3 Å². The maximum absolute atomic E-state index is 13.2. The average Bonchev–Trinajstić information content (AvgIpc) is 2.69. The Bertz CT molecular complexity index is 774. The number of hydrogen-bond acceptors (Lipinski definition) is 6. The van der Waals surface area contributed by atoms with Crippen molar-refractivity contribution in [3.05, 3.63) is 78.0 Å². The molecule has 0 aliphatic rings. The highest BCUT2D eigenvalue weighted by atomic mass is 16.5. The zero-order valence-electron chi connectivity index (χ0n) is 15.3. The van der Waals surface area contributed by atoms with Gasteiger partial charge in [0.1, 0.15) is 5.70 Å². The summed E-state index contributed by atoms with van der Waals surface area (Å²) in [6, 6.07) is 17.3. The first kappa shape index (κ1) is 20.2. The summed E-state index contributed by atoms with van der Waals surface area (Å²) in [5, 5.41) is 13.2. The number of ether oxygens (including phenoxy) is 2. The molecule has 0 aromatic heterocycles. The second-order valence-corrected chi connectivity index (χ2v) is 5.47. The van der Waals surface area contributed by atoms with Gasteiger partial charge in [0.25, 0.3) is 0 Å². The van der Waals surface area contributed by atoms with E-state index < -0.39 is 18.2 Å². The van der Waals surface area contributed by atoms with Gasteiger partial charge in [-0.05, 0) is 37.8 Å². The highest BCUT2D eigenvalue weighted by Gasteiger charge is 2.24. The van der Waals surface area contributed by atoms with Crippen molar-refractivity contribution in [3.63, 3.8) is 0 Å². The molecule has 0 aliphatic carbocycles. The van der Waals surface area contributed by atoms with Crippen LogP contribution in [0.2, 0.25) is 0 Å². The number of esters is 2. The average molecular weight is 368 g/mol. The Hall–Kier alpha value is -3.12. The van der Waals surface area contributed by atoms with E-state index in [1.165, 1.54) is 4.90 Å². The van der Waals surface area contributed by atoms with Gasteiger partial charge in [0.2, 0.25) is 0 Å².